The molecule has 20 heavy (non-hydrogen) atoms. The Bertz CT molecular complexity index is 714. The first-order chi connectivity index (χ1) is 9.41. The van der Waals surface area contributed by atoms with Crippen molar-refractivity contribution in [3.63, 3.8) is 0 Å². The molecule has 0 aliphatic carbocycles. The number of aromatic nitrogens is 2. The maximum atomic E-state index is 12.3. The van der Waals surface area contributed by atoms with Gasteiger partial charge in [-0.15, -0.1) is 5.10 Å². The average Bonchev–Trinajstić information content (AvgIpc) is 2.39. The minimum atomic E-state index is -3.37. The number of nitrogens with one attached hydrogen (secondary N) is 1. The molecule has 1 heterocycles. The van der Waals surface area contributed by atoms with Crippen LogP contribution in [0.15, 0.2) is 41.4 Å². The van der Waals surface area contributed by atoms with E-state index in [-0.39, 0.29) is 10.7 Å². The van der Waals surface area contributed by atoms with E-state index in [9.17, 15) is 8.42 Å². The van der Waals surface area contributed by atoms with E-state index in [1.165, 1.54) is 6.20 Å². The zero-order valence-electron chi connectivity index (χ0n) is 11.2. The molecule has 0 saturated heterocycles. The highest BCUT2D eigenvalue weighted by molar-refractivity contribution is 7.92. The highest BCUT2D eigenvalue weighted by atomic mass is 32.2. The summed E-state index contributed by atoms with van der Waals surface area (Å²) in [5, 5.41) is 9.89. The molecule has 2 aromatic rings. The third-order valence-corrected chi connectivity index (χ3v) is 4.98. The van der Waals surface area contributed by atoms with Crippen LogP contribution in [-0.2, 0) is 9.84 Å². The van der Waals surface area contributed by atoms with Crippen LogP contribution in [0.5, 0.6) is 0 Å². The molecule has 106 valence electrons. The minimum absolute atomic E-state index is 0.255. The lowest BCUT2D eigenvalue weighted by Gasteiger charge is -2.14. The summed E-state index contributed by atoms with van der Waals surface area (Å²) in [6.45, 7) is 3.30. The van der Waals surface area contributed by atoms with Crippen molar-refractivity contribution in [3.8, 4) is 0 Å². The second-order valence-electron chi connectivity index (χ2n) is 4.58. The molecular weight excluding hydrogens is 276 g/mol. The number of anilines is 3. The van der Waals surface area contributed by atoms with Gasteiger partial charge in [0.15, 0.2) is 9.84 Å². The predicted molar refractivity (Wildman–Crippen MR) is 78.5 cm³/mol. The first-order valence-corrected chi connectivity index (χ1v) is 7.64. The molecule has 1 aromatic carbocycles. The average molecular weight is 292 g/mol. The molecule has 7 heteroatoms. The van der Waals surface area contributed by atoms with Crippen LogP contribution in [0.1, 0.15) is 13.8 Å². The molecule has 0 radical (unpaired) electrons. The molecule has 0 spiro atoms. The topological polar surface area (TPSA) is 98.0 Å². The quantitative estimate of drug-likeness (QED) is 0.894. The summed E-state index contributed by atoms with van der Waals surface area (Å²) in [6, 6.07) is 8.33. The Morgan fingerprint density at radius 2 is 1.95 bits per heavy atom. The number of hydrogen-bond donors (Lipinski definition) is 2. The smallest absolute Gasteiger partial charge is 0.182 e. The fraction of sp³-hybridized carbons (Fsp3) is 0.231. The van der Waals surface area contributed by atoms with Crippen LogP contribution in [0, 0.1) is 0 Å². The van der Waals surface area contributed by atoms with Crippen LogP contribution >= 0.6 is 0 Å². The Morgan fingerprint density at radius 1 is 1.25 bits per heavy atom. The van der Waals surface area contributed by atoms with Crippen molar-refractivity contribution >= 4 is 27.0 Å². The van der Waals surface area contributed by atoms with Crippen LogP contribution in [-0.4, -0.2) is 23.9 Å². The Morgan fingerprint density at radius 3 is 2.60 bits per heavy atom. The molecule has 3 N–H and O–H groups in total. The molecule has 0 unspecified atom stereocenters. The standard InChI is InChI=1S/C13H16N4O2S/c1-9(2)20(18,19)12-6-4-3-5-11(12)16-10-7-13(14)17-15-8-10/h3-9H,1-2H3,(H3,14,16,17). The molecule has 0 aliphatic rings. The van der Waals surface area contributed by atoms with E-state index in [0.29, 0.717) is 11.4 Å². The van der Waals surface area contributed by atoms with Crippen LogP contribution in [0.2, 0.25) is 0 Å². The first kappa shape index (κ1) is 14.3. The molecular formula is C13H16N4O2S. The zero-order chi connectivity index (χ0) is 14.8. The summed E-state index contributed by atoms with van der Waals surface area (Å²) in [5.74, 6) is 0.263. The van der Waals surface area contributed by atoms with Crippen molar-refractivity contribution in [2.45, 2.75) is 24.0 Å². The van der Waals surface area contributed by atoms with Gasteiger partial charge in [-0.05, 0) is 26.0 Å². The number of para-hydroxylation sites is 1. The molecule has 2 rings (SSSR count). The van der Waals surface area contributed by atoms with Gasteiger partial charge >= 0.3 is 0 Å². The highest BCUT2D eigenvalue weighted by Crippen LogP contribution is 2.27. The van der Waals surface area contributed by atoms with Gasteiger partial charge in [-0.2, -0.15) is 5.10 Å². The zero-order valence-corrected chi connectivity index (χ0v) is 12.1. The normalized spacial score (nSPS) is 11.6. The van der Waals surface area contributed by atoms with E-state index in [0.717, 1.165) is 0 Å². The lowest BCUT2D eigenvalue weighted by Crippen LogP contribution is -2.15. The lowest BCUT2D eigenvalue weighted by atomic mass is 10.3. The van der Waals surface area contributed by atoms with E-state index in [4.69, 9.17) is 5.73 Å². The van der Waals surface area contributed by atoms with Gasteiger partial charge in [0, 0.05) is 6.07 Å². The summed E-state index contributed by atoms with van der Waals surface area (Å²) in [6.07, 6.45) is 1.48. The first-order valence-electron chi connectivity index (χ1n) is 6.09. The largest absolute Gasteiger partial charge is 0.382 e. The molecule has 0 amide bonds. The van der Waals surface area contributed by atoms with E-state index < -0.39 is 15.1 Å². The summed E-state index contributed by atoms with van der Waals surface area (Å²) in [4.78, 5) is 0.255. The third kappa shape index (κ3) is 2.88. The number of benzene rings is 1. The number of nitrogens with two attached hydrogens (primary N) is 1. The minimum Gasteiger partial charge on any atom is -0.382 e. The number of rotatable bonds is 4. The lowest BCUT2D eigenvalue weighted by molar-refractivity contribution is 0.588. The summed E-state index contributed by atoms with van der Waals surface area (Å²) < 4.78 is 24.6. The molecule has 1 aromatic heterocycles. The van der Waals surface area contributed by atoms with Gasteiger partial charge in [0.05, 0.1) is 27.7 Å². The third-order valence-electron chi connectivity index (χ3n) is 2.77. The van der Waals surface area contributed by atoms with Crippen LogP contribution in [0.4, 0.5) is 17.2 Å². The van der Waals surface area contributed by atoms with E-state index in [2.05, 4.69) is 15.5 Å². The van der Waals surface area contributed by atoms with Gasteiger partial charge in [0.2, 0.25) is 0 Å². The summed E-state index contributed by atoms with van der Waals surface area (Å²) in [5.41, 5.74) is 6.63. The van der Waals surface area contributed by atoms with Gasteiger partial charge in [-0.1, -0.05) is 12.1 Å². The molecule has 0 saturated carbocycles. The Hall–Kier alpha value is -2.15. The summed E-state index contributed by atoms with van der Waals surface area (Å²) in [7, 11) is -3.37. The second kappa shape index (κ2) is 5.46. The number of sulfone groups is 1. The van der Waals surface area contributed by atoms with Crippen molar-refractivity contribution in [2.75, 3.05) is 11.1 Å². The van der Waals surface area contributed by atoms with E-state index in [1.54, 1.807) is 44.2 Å². The molecule has 0 fully saturated rings. The Balaban J connectivity index is 2.44. The van der Waals surface area contributed by atoms with E-state index in [1.807, 2.05) is 0 Å². The Kier molecular flexibility index (Phi) is 3.89. The predicted octanol–water partition coefficient (Wildman–Crippen LogP) is 1.98. The maximum Gasteiger partial charge on any atom is 0.182 e. The molecule has 0 aliphatic heterocycles. The van der Waals surface area contributed by atoms with Gasteiger partial charge in [0.1, 0.15) is 5.82 Å². The molecule has 0 bridgehead atoms. The number of nitrogens with zero attached hydrogens (tertiary/aromatic N) is 2. The highest BCUT2D eigenvalue weighted by Gasteiger charge is 2.22. The van der Waals surface area contributed by atoms with Gasteiger partial charge in [0.25, 0.3) is 0 Å². The molecule has 6 nitrogen and oxygen atoms in total. The maximum absolute atomic E-state index is 12.3. The van der Waals surface area contributed by atoms with Crippen LogP contribution in [0.3, 0.4) is 0 Å². The number of nitrogen functional groups attached to an aromatic ring is 1. The van der Waals surface area contributed by atoms with Crippen molar-refractivity contribution in [3.05, 3.63) is 36.5 Å². The number of hydrogen-bond acceptors (Lipinski definition) is 6. The fourth-order valence-corrected chi connectivity index (χ4v) is 2.88. The van der Waals surface area contributed by atoms with Gasteiger partial charge in [-0.25, -0.2) is 8.42 Å². The van der Waals surface area contributed by atoms with Crippen molar-refractivity contribution in [1.82, 2.24) is 10.2 Å². The van der Waals surface area contributed by atoms with Crippen molar-refractivity contribution in [1.29, 1.82) is 0 Å². The van der Waals surface area contributed by atoms with Crippen LogP contribution < -0.4 is 11.1 Å². The van der Waals surface area contributed by atoms with E-state index >= 15 is 0 Å². The SMILES string of the molecule is CC(C)S(=O)(=O)c1ccccc1Nc1cnnc(N)c1. The van der Waals surface area contributed by atoms with Crippen LogP contribution in [0.25, 0.3) is 0 Å². The van der Waals surface area contributed by atoms with Gasteiger partial charge in [-0.3, -0.25) is 0 Å². The fourth-order valence-electron chi connectivity index (χ4n) is 1.68. The Labute approximate surface area is 118 Å². The summed E-state index contributed by atoms with van der Waals surface area (Å²) >= 11 is 0. The second-order valence-corrected chi connectivity index (χ2v) is 7.06. The monoisotopic (exact) mass is 292 g/mol. The van der Waals surface area contributed by atoms with Gasteiger partial charge < -0.3 is 11.1 Å². The van der Waals surface area contributed by atoms with Crippen molar-refractivity contribution in [2.24, 2.45) is 0 Å². The molecule has 0 atom stereocenters. The van der Waals surface area contributed by atoms with Crippen molar-refractivity contribution < 1.29 is 8.42 Å².